The van der Waals surface area contributed by atoms with Gasteiger partial charge in [0.1, 0.15) is 12.3 Å². The minimum absolute atomic E-state index is 0.163. The van der Waals surface area contributed by atoms with Gasteiger partial charge in [-0.15, -0.1) is 0 Å². The average molecular weight is 287 g/mol. The van der Waals surface area contributed by atoms with E-state index in [1.165, 1.54) is 0 Å². The van der Waals surface area contributed by atoms with Crippen molar-refractivity contribution in [2.75, 3.05) is 13.2 Å². The van der Waals surface area contributed by atoms with E-state index in [1.54, 1.807) is 12.1 Å². The van der Waals surface area contributed by atoms with Crippen LogP contribution in [0.25, 0.3) is 11.3 Å². The highest BCUT2D eigenvalue weighted by molar-refractivity contribution is 6.36. The molecule has 0 bridgehead atoms. The number of rotatable bonds is 5. The lowest BCUT2D eigenvalue weighted by molar-refractivity contribution is -0.673. The molecule has 1 heterocycles. The first-order chi connectivity index (χ1) is 8.70. The molecule has 0 unspecified atom stereocenters. The molecule has 96 valence electrons. The van der Waals surface area contributed by atoms with E-state index in [2.05, 4.69) is 0 Å². The molecule has 0 fully saturated rings. The number of aliphatic hydroxyl groups excluding tert-OH is 1. The summed E-state index contributed by atoms with van der Waals surface area (Å²) >= 11 is 12.0. The Hall–Kier alpha value is -1.00. The molecule has 1 aromatic heterocycles. The Bertz CT molecular complexity index is 525. The van der Waals surface area contributed by atoms with Crippen LogP contribution in [0.4, 0.5) is 0 Å². The van der Waals surface area contributed by atoms with E-state index in [1.807, 2.05) is 23.5 Å². The van der Waals surface area contributed by atoms with Crippen LogP contribution in [-0.4, -0.2) is 18.3 Å². The Kier molecular flexibility index (Phi) is 4.66. The molecule has 0 atom stereocenters. The molecular formula is C13H14Cl2NO2+. The molecule has 1 aromatic carbocycles. The topological polar surface area (TPSA) is 50.0 Å². The zero-order valence-corrected chi connectivity index (χ0v) is 11.2. The minimum atomic E-state index is 0.163. The summed E-state index contributed by atoms with van der Waals surface area (Å²) in [6.07, 6.45) is 0. The van der Waals surface area contributed by atoms with Gasteiger partial charge in [-0.3, -0.25) is 0 Å². The maximum Gasteiger partial charge on any atom is 0.158 e. The van der Waals surface area contributed by atoms with Gasteiger partial charge >= 0.3 is 0 Å². The summed E-state index contributed by atoms with van der Waals surface area (Å²) in [6.45, 7) is 1.53. The molecule has 18 heavy (non-hydrogen) atoms. The molecule has 5 heteroatoms. The van der Waals surface area contributed by atoms with Gasteiger partial charge in [0.2, 0.25) is 0 Å². The van der Waals surface area contributed by atoms with Gasteiger partial charge in [-0.2, -0.15) is 0 Å². The van der Waals surface area contributed by atoms with E-state index < -0.39 is 0 Å². The molecule has 0 saturated heterocycles. The Morgan fingerprint density at radius 1 is 1.17 bits per heavy atom. The van der Waals surface area contributed by atoms with Crippen molar-refractivity contribution in [3.8, 4) is 11.3 Å². The lowest BCUT2D eigenvalue weighted by atomic mass is 10.2. The molecule has 0 saturated carbocycles. The minimum Gasteiger partial charge on any atom is -0.455 e. The van der Waals surface area contributed by atoms with E-state index in [0.717, 1.165) is 17.1 Å². The molecule has 2 aromatic rings. The summed E-state index contributed by atoms with van der Waals surface area (Å²) in [5.41, 5.74) is 0.828. The molecule has 0 amide bonds. The Balaban J connectivity index is 2.13. The highest BCUT2D eigenvalue weighted by Gasteiger charge is 2.09. The monoisotopic (exact) mass is 286 g/mol. The van der Waals surface area contributed by atoms with Gasteiger partial charge in [-0.25, -0.2) is 0 Å². The summed E-state index contributed by atoms with van der Waals surface area (Å²) in [5.74, 6) is 1.58. The van der Waals surface area contributed by atoms with Crippen molar-refractivity contribution in [2.45, 2.75) is 6.54 Å². The van der Waals surface area contributed by atoms with Crippen molar-refractivity contribution in [2.24, 2.45) is 0 Å². The van der Waals surface area contributed by atoms with Crippen molar-refractivity contribution in [3.05, 3.63) is 46.1 Å². The van der Waals surface area contributed by atoms with Gasteiger partial charge in [-0.05, 0) is 30.3 Å². The number of aliphatic hydroxyl groups is 1. The number of furan rings is 1. The predicted molar refractivity (Wildman–Crippen MR) is 71.7 cm³/mol. The van der Waals surface area contributed by atoms with Gasteiger partial charge < -0.3 is 14.8 Å². The third-order valence-corrected chi connectivity index (χ3v) is 3.08. The van der Waals surface area contributed by atoms with E-state index in [4.69, 9.17) is 32.7 Å². The molecule has 0 aliphatic heterocycles. The normalized spacial score (nSPS) is 10.8. The van der Waals surface area contributed by atoms with E-state index in [-0.39, 0.29) is 6.61 Å². The van der Waals surface area contributed by atoms with Crippen LogP contribution in [0.15, 0.2) is 34.7 Å². The van der Waals surface area contributed by atoms with Crippen molar-refractivity contribution in [1.29, 1.82) is 0 Å². The predicted octanol–water partition coefficient (Wildman–Crippen LogP) is 2.31. The molecule has 3 nitrogen and oxygen atoms in total. The maximum atomic E-state index is 8.70. The van der Waals surface area contributed by atoms with Gasteiger partial charge in [0.25, 0.3) is 0 Å². The SMILES string of the molecule is OCC[NH2+]Cc1ccc(-c2ccc(Cl)cc2Cl)o1. The van der Waals surface area contributed by atoms with Gasteiger partial charge in [0.15, 0.2) is 5.76 Å². The summed E-state index contributed by atoms with van der Waals surface area (Å²) in [4.78, 5) is 0. The Labute approximate surface area is 115 Å². The third-order valence-electron chi connectivity index (χ3n) is 2.54. The van der Waals surface area contributed by atoms with E-state index in [9.17, 15) is 0 Å². The molecular weight excluding hydrogens is 273 g/mol. The van der Waals surface area contributed by atoms with Crippen LogP contribution in [0.5, 0.6) is 0 Å². The summed E-state index contributed by atoms with van der Waals surface area (Å²) in [6, 6.07) is 9.11. The lowest BCUT2D eigenvalue weighted by Crippen LogP contribution is -2.83. The fraction of sp³-hybridized carbons (Fsp3) is 0.231. The number of nitrogens with two attached hydrogens (primary N) is 1. The van der Waals surface area contributed by atoms with Crippen molar-refractivity contribution in [1.82, 2.24) is 0 Å². The van der Waals surface area contributed by atoms with Crippen LogP contribution in [0, 0.1) is 0 Å². The van der Waals surface area contributed by atoms with Crippen molar-refractivity contribution >= 4 is 23.2 Å². The van der Waals surface area contributed by atoms with Crippen LogP contribution in [0.2, 0.25) is 10.0 Å². The average Bonchev–Trinajstić information content (AvgIpc) is 2.78. The van der Waals surface area contributed by atoms with Crippen LogP contribution >= 0.6 is 23.2 Å². The molecule has 3 N–H and O–H groups in total. The summed E-state index contributed by atoms with van der Waals surface area (Å²) in [7, 11) is 0. The standard InChI is InChI=1S/C13H13Cl2NO2/c14-9-1-3-11(12(15)7-9)13-4-2-10(18-13)8-16-5-6-17/h1-4,7,16-17H,5-6,8H2/p+1. The second-order valence-electron chi connectivity index (χ2n) is 3.90. The fourth-order valence-corrected chi connectivity index (χ4v) is 2.16. The van der Waals surface area contributed by atoms with Gasteiger partial charge in [-0.1, -0.05) is 23.2 Å². The van der Waals surface area contributed by atoms with E-state index >= 15 is 0 Å². The van der Waals surface area contributed by atoms with Crippen LogP contribution in [0.1, 0.15) is 5.76 Å². The summed E-state index contributed by atoms with van der Waals surface area (Å²) < 4.78 is 5.70. The Morgan fingerprint density at radius 2 is 2.00 bits per heavy atom. The number of halogens is 2. The van der Waals surface area contributed by atoms with Gasteiger partial charge in [0.05, 0.1) is 18.2 Å². The quantitative estimate of drug-likeness (QED) is 0.829. The first kappa shape index (κ1) is 13.4. The number of hydrogen-bond acceptors (Lipinski definition) is 2. The van der Waals surface area contributed by atoms with Crippen LogP contribution in [-0.2, 0) is 6.54 Å². The molecule has 2 rings (SSSR count). The van der Waals surface area contributed by atoms with Crippen LogP contribution < -0.4 is 5.32 Å². The van der Waals surface area contributed by atoms with E-state index in [0.29, 0.717) is 23.1 Å². The van der Waals surface area contributed by atoms with Crippen molar-refractivity contribution < 1.29 is 14.8 Å². The highest BCUT2D eigenvalue weighted by Crippen LogP contribution is 2.31. The molecule has 0 aliphatic rings. The largest absolute Gasteiger partial charge is 0.455 e. The second kappa shape index (κ2) is 6.25. The zero-order chi connectivity index (χ0) is 13.0. The van der Waals surface area contributed by atoms with Gasteiger partial charge in [0, 0.05) is 10.6 Å². The zero-order valence-electron chi connectivity index (χ0n) is 9.70. The smallest absolute Gasteiger partial charge is 0.158 e. The molecule has 0 aliphatic carbocycles. The lowest BCUT2D eigenvalue weighted by Gasteiger charge is -2.01. The van der Waals surface area contributed by atoms with Crippen LogP contribution in [0.3, 0.4) is 0 Å². The first-order valence-electron chi connectivity index (χ1n) is 5.67. The first-order valence-corrected chi connectivity index (χ1v) is 6.43. The maximum absolute atomic E-state index is 8.70. The molecule has 0 radical (unpaired) electrons. The Morgan fingerprint density at radius 3 is 2.72 bits per heavy atom. The second-order valence-corrected chi connectivity index (χ2v) is 4.74. The number of quaternary nitrogens is 1. The third kappa shape index (κ3) is 3.27. The fourth-order valence-electron chi connectivity index (χ4n) is 1.66. The summed E-state index contributed by atoms with van der Waals surface area (Å²) in [5, 5.41) is 11.9. The number of benzene rings is 1. The molecule has 0 spiro atoms. The highest BCUT2D eigenvalue weighted by atomic mass is 35.5. The number of hydrogen-bond donors (Lipinski definition) is 2. The van der Waals surface area contributed by atoms with Crippen molar-refractivity contribution in [3.63, 3.8) is 0 Å².